The van der Waals surface area contributed by atoms with E-state index in [0.29, 0.717) is 28.1 Å². The Bertz CT molecular complexity index is 900. The number of carbonyl (C=O) groups is 2. The smallest absolute Gasteiger partial charge is 0.270 e. The fraction of sp³-hybridized carbons (Fsp3) is 0.550. The van der Waals surface area contributed by atoms with Crippen LogP contribution in [0.3, 0.4) is 0 Å². The maximum absolute atomic E-state index is 12.9. The lowest BCUT2D eigenvalue weighted by Gasteiger charge is -2.44. The summed E-state index contributed by atoms with van der Waals surface area (Å²) in [5, 5.41) is 3.83. The van der Waals surface area contributed by atoms with E-state index in [2.05, 4.69) is 15.2 Å². The Morgan fingerprint density at radius 2 is 1.96 bits per heavy atom. The van der Waals surface area contributed by atoms with E-state index >= 15 is 0 Å². The van der Waals surface area contributed by atoms with Crippen LogP contribution >= 0.6 is 11.8 Å². The maximum Gasteiger partial charge on any atom is 0.270 e. The lowest BCUT2D eigenvalue weighted by Crippen LogP contribution is -2.57. The minimum absolute atomic E-state index is 0.0333. The van der Waals surface area contributed by atoms with Gasteiger partial charge in [-0.2, -0.15) is 11.8 Å². The summed E-state index contributed by atoms with van der Waals surface area (Å²) in [6.07, 6.45) is 5.33. The summed E-state index contributed by atoms with van der Waals surface area (Å²) in [7, 11) is 0. The lowest BCUT2D eigenvalue weighted by molar-refractivity contribution is 0.0617. The van der Waals surface area contributed by atoms with Crippen LogP contribution in [0.1, 0.15) is 33.7 Å². The molecule has 148 valence electrons. The number of hydrogen-bond donors (Lipinski definition) is 1. The monoisotopic (exact) mass is 400 g/mol. The summed E-state index contributed by atoms with van der Waals surface area (Å²) < 4.78 is 5.53. The van der Waals surface area contributed by atoms with Crippen LogP contribution in [0.5, 0.6) is 0 Å². The molecule has 0 spiro atoms. The molecule has 1 atom stereocenters. The molecule has 0 saturated carbocycles. The van der Waals surface area contributed by atoms with Gasteiger partial charge in [-0.25, -0.2) is 4.98 Å². The van der Waals surface area contributed by atoms with Crippen molar-refractivity contribution in [1.82, 2.24) is 20.1 Å². The number of carbonyl (C=O) groups excluding carboxylic acids is 2. The molecule has 4 aliphatic rings. The molecule has 4 aliphatic heterocycles. The van der Waals surface area contributed by atoms with Crippen LogP contribution in [-0.2, 0) is 0 Å². The molecule has 0 aliphatic carbocycles. The predicted molar refractivity (Wildman–Crippen MR) is 108 cm³/mol. The molecule has 28 heavy (non-hydrogen) atoms. The Kier molecular flexibility index (Phi) is 4.76. The number of nitrogens with zero attached hydrogens (tertiary/aromatic N) is 3. The average molecular weight is 401 g/mol. The van der Waals surface area contributed by atoms with E-state index < -0.39 is 0 Å². The summed E-state index contributed by atoms with van der Waals surface area (Å²) in [4.78, 5) is 34.2. The van der Waals surface area contributed by atoms with Crippen molar-refractivity contribution in [3.8, 4) is 0 Å². The number of pyridine rings is 1. The van der Waals surface area contributed by atoms with E-state index in [0.717, 1.165) is 57.1 Å². The first-order chi connectivity index (χ1) is 13.7. The number of nitrogens with one attached hydrogen (secondary N) is 1. The minimum Gasteiger partial charge on any atom is -0.462 e. The molecule has 6 heterocycles. The van der Waals surface area contributed by atoms with Gasteiger partial charge in [-0.1, -0.05) is 0 Å². The Balaban J connectivity index is 1.36. The van der Waals surface area contributed by atoms with Gasteiger partial charge in [-0.15, -0.1) is 0 Å². The molecule has 1 unspecified atom stereocenters. The standard InChI is InChI=1S/C20H24N4O3S/c25-19(22-17-11-23-3-1-13(17)2-4-23)16-9-14-15(12-27-18(14)10-21-16)20(26)24-5-7-28-8-6-24/h9-10,12-13,17H,1-8,11H2,(H,22,25). The topological polar surface area (TPSA) is 78.7 Å². The highest BCUT2D eigenvalue weighted by Gasteiger charge is 2.35. The first kappa shape index (κ1) is 18.0. The molecular weight excluding hydrogens is 376 g/mol. The fourth-order valence-electron chi connectivity index (χ4n) is 4.53. The second kappa shape index (κ2) is 7.40. The molecule has 8 heteroatoms. The highest BCUT2D eigenvalue weighted by molar-refractivity contribution is 7.99. The predicted octanol–water partition coefficient (Wildman–Crippen LogP) is 1.84. The van der Waals surface area contributed by atoms with Crippen molar-refractivity contribution in [2.75, 3.05) is 44.2 Å². The maximum atomic E-state index is 12.9. The van der Waals surface area contributed by atoms with E-state index in [1.807, 2.05) is 16.7 Å². The molecule has 1 N–H and O–H groups in total. The van der Waals surface area contributed by atoms with E-state index in [9.17, 15) is 9.59 Å². The summed E-state index contributed by atoms with van der Waals surface area (Å²) in [6, 6.07) is 1.88. The molecule has 4 fully saturated rings. The van der Waals surface area contributed by atoms with E-state index in [-0.39, 0.29) is 17.9 Å². The molecule has 6 rings (SSSR count). The zero-order valence-electron chi connectivity index (χ0n) is 15.7. The number of piperidine rings is 3. The van der Waals surface area contributed by atoms with Gasteiger partial charge in [0, 0.05) is 42.6 Å². The second-order valence-corrected chi connectivity index (χ2v) is 9.06. The Morgan fingerprint density at radius 3 is 2.68 bits per heavy atom. The Labute approximate surface area is 167 Å². The first-order valence-corrected chi connectivity index (χ1v) is 11.1. The largest absolute Gasteiger partial charge is 0.462 e. The van der Waals surface area contributed by atoms with Crippen LogP contribution in [-0.4, -0.2) is 76.9 Å². The first-order valence-electron chi connectivity index (χ1n) is 9.96. The van der Waals surface area contributed by atoms with Crippen molar-refractivity contribution < 1.29 is 14.0 Å². The lowest BCUT2D eigenvalue weighted by atomic mass is 9.84. The van der Waals surface area contributed by atoms with Gasteiger partial charge in [0.15, 0.2) is 5.58 Å². The zero-order chi connectivity index (χ0) is 19.1. The van der Waals surface area contributed by atoms with Crippen LogP contribution in [0.25, 0.3) is 11.0 Å². The van der Waals surface area contributed by atoms with Gasteiger partial charge < -0.3 is 19.5 Å². The van der Waals surface area contributed by atoms with Crippen molar-refractivity contribution in [2.45, 2.75) is 18.9 Å². The third kappa shape index (κ3) is 3.28. The number of fused-ring (bicyclic) bond motifs is 4. The third-order valence-corrected chi connectivity index (χ3v) is 7.14. The van der Waals surface area contributed by atoms with Crippen molar-refractivity contribution in [3.05, 3.63) is 29.8 Å². The summed E-state index contributed by atoms with van der Waals surface area (Å²) in [5.41, 5.74) is 1.39. The fourth-order valence-corrected chi connectivity index (χ4v) is 5.43. The zero-order valence-corrected chi connectivity index (χ0v) is 16.5. The SMILES string of the molecule is O=C(NC1CN2CCC1CC2)c1cc2c(C(=O)N3CCSCC3)coc2cn1. The van der Waals surface area contributed by atoms with Gasteiger partial charge in [0.25, 0.3) is 11.8 Å². The van der Waals surface area contributed by atoms with Gasteiger partial charge >= 0.3 is 0 Å². The Hall–Kier alpha value is -2.06. The van der Waals surface area contributed by atoms with Crippen LogP contribution < -0.4 is 5.32 Å². The van der Waals surface area contributed by atoms with Crippen LogP contribution in [0.4, 0.5) is 0 Å². The van der Waals surface area contributed by atoms with Gasteiger partial charge in [0.05, 0.1) is 11.8 Å². The molecule has 0 aromatic carbocycles. The molecule has 2 amide bonds. The van der Waals surface area contributed by atoms with E-state index in [1.165, 1.54) is 6.26 Å². The van der Waals surface area contributed by atoms with Crippen molar-refractivity contribution in [3.63, 3.8) is 0 Å². The van der Waals surface area contributed by atoms with Gasteiger partial charge in [-0.3, -0.25) is 9.59 Å². The molecule has 4 saturated heterocycles. The number of hydrogen-bond acceptors (Lipinski definition) is 6. The molecular formula is C20H24N4O3S. The number of amides is 2. The number of thioether (sulfide) groups is 1. The second-order valence-electron chi connectivity index (χ2n) is 7.84. The van der Waals surface area contributed by atoms with E-state index in [4.69, 9.17) is 4.42 Å². The van der Waals surface area contributed by atoms with Crippen molar-refractivity contribution >= 4 is 34.5 Å². The number of aromatic nitrogens is 1. The summed E-state index contributed by atoms with van der Waals surface area (Å²) in [5.74, 6) is 2.26. The minimum atomic E-state index is -0.172. The van der Waals surface area contributed by atoms with Gasteiger partial charge in [-0.05, 0) is 37.9 Å². The van der Waals surface area contributed by atoms with Crippen molar-refractivity contribution in [2.24, 2.45) is 5.92 Å². The normalized spacial score (nSPS) is 27.1. The number of rotatable bonds is 3. The molecule has 7 nitrogen and oxygen atoms in total. The quantitative estimate of drug-likeness (QED) is 0.847. The Morgan fingerprint density at radius 1 is 1.18 bits per heavy atom. The molecule has 0 radical (unpaired) electrons. The van der Waals surface area contributed by atoms with Crippen LogP contribution in [0, 0.1) is 5.92 Å². The summed E-state index contributed by atoms with van der Waals surface area (Å²) >= 11 is 1.86. The average Bonchev–Trinajstić information content (AvgIpc) is 3.18. The molecule has 2 aromatic heterocycles. The molecule has 2 bridgehead atoms. The third-order valence-electron chi connectivity index (χ3n) is 6.20. The number of furan rings is 1. The van der Waals surface area contributed by atoms with Gasteiger partial charge in [0.1, 0.15) is 12.0 Å². The van der Waals surface area contributed by atoms with E-state index in [1.54, 1.807) is 12.3 Å². The van der Waals surface area contributed by atoms with Crippen molar-refractivity contribution in [1.29, 1.82) is 0 Å². The van der Waals surface area contributed by atoms with Crippen LogP contribution in [0.2, 0.25) is 0 Å². The highest BCUT2D eigenvalue weighted by Crippen LogP contribution is 2.28. The van der Waals surface area contributed by atoms with Gasteiger partial charge in [0.2, 0.25) is 0 Å². The van der Waals surface area contributed by atoms with Crippen LogP contribution in [0.15, 0.2) is 22.9 Å². The highest BCUT2D eigenvalue weighted by atomic mass is 32.2. The summed E-state index contributed by atoms with van der Waals surface area (Å²) in [6.45, 7) is 4.68. The molecule has 2 aromatic rings.